The van der Waals surface area contributed by atoms with Crippen LogP contribution in [0, 0.1) is 0 Å². The van der Waals surface area contributed by atoms with Gasteiger partial charge in [0.1, 0.15) is 13.2 Å². The lowest BCUT2D eigenvalue weighted by molar-refractivity contribution is -0.167. The topological polar surface area (TPSA) is 78.9 Å². The highest BCUT2D eigenvalue weighted by Gasteiger charge is 2.20. The van der Waals surface area contributed by atoms with Crippen LogP contribution in [0.1, 0.15) is 451 Å². The van der Waals surface area contributed by atoms with Crippen molar-refractivity contribution >= 4 is 17.9 Å². The van der Waals surface area contributed by atoms with Crippen LogP contribution in [0.3, 0.4) is 0 Å². The molecule has 0 bridgehead atoms. The van der Waals surface area contributed by atoms with Crippen LogP contribution >= 0.6 is 0 Å². The van der Waals surface area contributed by atoms with E-state index in [1.807, 2.05) is 0 Å². The maximum atomic E-state index is 13.0. The molecule has 1 unspecified atom stereocenters. The van der Waals surface area contributed by atoms with E-state index in [9.17, 15) is 14.4 Å². The first kappa shape index (κ1) is 80.4. The van der Waals surface area contributed by atoms with Crippen LogP contribution in [0.4, 0.5) is 0 Å². The number of unbranched alkanes of at least 4 members (excludes halogenated alkanes) is 61. The van der Waals surface area contributed by atoms with E-state index in [2.05, 4.69) is 20.8 Å². The second-order valence-electron chi connectivity index (χ2n) is 26.3. The number of carbonyl (C=O) groups is 3. The van der Waals surface area contributed by atoms with E-state index in [4.69, 9.17) is 14.2 Å². The Morgan fingerprint density at radius 2 is 0.329 bits per heavy atom. The average molecular weight is 1160 g/mol. The highest BCUT2D eigenvalue weighted by molar-refractivity contribution is 5.71. The third kappa shape index (κ3) is 69.2. The van der Waals surface area contributed by atoms with Crippen LogP contribution in [-0.4, -0.2) is 37.2 Å². The monoisotopic (exact) mass is 1160 g/mol. The van der Waals surface area contributed by atoms with Crippen LogP contribution in [0.5, 0.6) is 0 Å². The average Bonchev–Trinajstić information content (AvgIpc) is 3.47. The third-order valence-corrected chi connectivity index (χ3v) is 17.9. The quantitative estimate of drug-likeness (QED) is 0.0343. The van der Waals surface area contributed by atoms with E-state index in [0.717, 1.165) is 57.8 Å². The summed E-state index contributed by atoms with van der Waals surface area (Å²) in [6.07, 6.45) is 85.9. The first-order valence-electron chi connectivity index (χ1n) is 38.0. The minimum Gasteiger partial charge on any atom is -0.462 e. The Balaban J connectivity index is 4.12. The van der Waals surface area contributed by atoms with Crippen LogP contribution in [0.25, 0.3) is 0 Å². The highest BCUT2D eigenvalue weighted by Crippen LogP contribution is 2.20. The lowest BCUT2D eigenvalue weighted by Gasteiger charge is -2.18. The fourth-order valence-corrected chi connectivity index (χ4v) is 12.2. The normalized spacial score (nSPS) is 11.9. The Bertz CT molecular complexity index is 1240. The molecule has 0 aromatic heterocycles. The molecular weight excluding hydrogens is 1010 g/mol. The van der Waals surface area contributed by atoms with Crippen LogP contribution in [0.15, 0.2) is 0 Å². The first-order valence-corrected chi connectivity index (χ1v) is 38.0. The van der Waals surface area contributed by atoms with Gasteiger partial charge >= 0.3 is 17.9 Å². The number of esters is 3. The van der Waals surface area contributed by atoms with Crippen molar-refractivity contribution in [2.75, 3.05) is 13.2 Å². The van der Waals surface area contributed by atoms with E-state index in [1.54, 1.807) is 0 Å². The SMILES string of the molecule is CCCCCCCCCCCCCCCCCCCCCCCCCCCCCCC(=O)OCC(COC(=O)CCCCCCCCCCCCCC)OC(=O)CCCCCCCCCCCCCCCCCCCCCCCCCC. The Morgan fingerprint density at radius 1 is 0.195 bits per heavy atom. The lowest BCUT2D eigenvalue weighted by Crippen LogP contribution is -2.30. The Labute approximate surface area is 514 Å². The summed E-state index contributed by atoms with van der Waals surface area (Å²) in [6.45, 7) is 6.75. The van der Waals surface area contributed by atoms with Gasteiger partial charge in [0, 0.05) is 19.3 Å². The van der Waals surface area contributed by atoms with Crippen molar-refractivity contribution < 1.29 is 28.6 Å². The van der Waals surface area contributed by atoms with E-state index in [-0.39, 0.29) is 31.1 Å². The summed E-state index contributed by atoms with van der Waals surface area (Å²) < 4.78 is 17.0. The summed E-state index contributed by atoms with van der Waals surface area (Å²) in [4.78, 5) is 38.5. The number of hydrogen-bond donors (Lipinski definition) is 0. The van der Waals surface area contributed by atoms with Gasteiger partial charge in [0.2, 0.25) is 0 Å². The molecule has 0 spiro atoms. The van der Waals surface area contributed by atoms with Crippen LogP contribution in [-0.2, 0) is 28.6 Å². The molecule has 0 aliphatic rings. The summed E-state index contributed by atoms with van der Waals surface area (Å²) in [6, 6.07) is 0. The van der Waals surface area contributed by atoms with Gasteiger partial charge in [0.25, 0.3) is 0 Å². The molecule has 0 heterocycles. The first-order chi connectivity index (χ1) is 40.5. The van der Waals surface area contributed by atoms with Gasteiger partial charge in [-0.15, -0.1) is 0 Å². The van der Waals surface area contributed by atoms with Gasteiger partial charge < -0.3 is 14.2 Å². The fraction of sp³-hybridized carbons (Fsp3) is 0.961. The molecule has 6 nitrogen and oxygen atoms in total. The molecular formula is C76H148O6. The van der Waals surface area contributed by atoms with Gasteiger partial charge in [-0.25, -0.2) is 0 Å². The molecule has 0 aromatic rings. The Hall–Kier alpha value is -1.59. The van der Waals surface area contributed by atoms with Gasteiger partial charge in [-0.2, -0.15) is 0 Å². The van der Waals surface area contributed by atoms with Crippen molar-refractivity contribution in [1.29, 1.82) is 0 Å². The minimum absolute atomic E-state index is 0.0601. The number of ether oxygens (including phenoxy) is 3. The molecule has 0 saturated heterocycles. The second-order valence-corrected chi connectivity index (χ2v) is 26.3. The van der Waals surface area contributed by atoms with Crippen molar-refractivity contribution in [2.45, 2.75) is 457 Å². The lowest BCUT2D eigenvalue weighted by atomic mass is 10.0. The van der Waals surface area contributed by atoms with Crippen molar-refractivity contribution in [3.05, 3.63) is 0 Å². The molecule has 82 heavy (non-hydrogen) atoms. The third-order valence-electron chi connectivity index (χ3n) is 17.9. The maximum Gasteiger partial charge on any atom is 0.306 e. The zero-order valence-electron chi connectivity index (χ0n) is 56.3. The fourth-order valence-electron chi connectivity index (χ4n) is 12.2. The number of hydrogen-bond acceptors (Lipinski definition) is 6. The number of carbonyl (C=O) groups excluding carboxylic acids is 3. The smallest absolute Gasteiger partial charge is 0.306 e. The summed E-state index contributed by atoms with van der Waals surface area (Å²) >= 11 is 0. The highest BCUT2D eigenvalue weighted by atomic mass is 16.6. The molecule has 488 valence electrons. The van der Waals surface area contributed by atoms with Crippen molar-refractivity contribution in [2.24, 2.45) is 0 Å². The second kappa shape index (κ2) is 71.9. The van der Waals surface area contributed by atoms with E-state index >= 15 is 0 Å². The van der Waals surface area contributed by atoms with Gasteiger partial charge in [0.05, 0.1) is 0 Å². The molecule has 1 atom stereocenters. The number of rotatable bonds is 72. The summed E-state index contributed by atoms with van der Waals surface area (Å²) in [5, 5.41) is 0. The van der Waals surface area contributed by atoms with Crippen molar-refractivity contribution in [3.8, 4) is 0 Å². The van der Waals surface area contributed by atoms with Crippen LogP contribution < -0.4 is 0 Å². The molecule has 0 radical (unpaired) electrons. The minimum atomic E-state index is -0.764. The predicted octanol–water partition coefficient (Wildman–Crippen LogP) is 26.2. The van der Waals surface area contributed by atoms with Gasteiger partial charge in [-0.05, 0) is 19.3 Å². The molecule has 0 N–H and O–H groups in total. The summed E-state index contributed by atoms with van der Waals surface area (Å²) in [5.41, 5.74) is 0. The standard InChI is InChI=1S/C76H148O6/c1-4-7-10-13-16-19-22-25-27-29-31-33-35-37-38-39-40-42-43-45-47-49-51-54-57-60-63-66-69-75(78)81-72-73(71-80-74(77)68-65-62-59-56-53-24-21-18-15-12-9-6-3)82-76(79)70-67-64-61-58-55-52-50-48-46-44-41-36-34-32-30-28-26-23-20-17-14-11-8-5-2/h73H,4-72H2,1-3H3. The molecule has 6 heteroatoms. The molecule has 0 fully saturated rings. The van der Waals surface area contributed by atoms with Crippen LogP contribution in [0.2, 0.25) is 0 Å². The van der Waals surface area contributed by atoms with E-state index in [1.165, 1.54) is 353 Å². The van der Waals surface area contributed by atoms with E-state index in [0.29, 0.717) is 19.3 Å². The maximum absolute atomic E-state index is 13.0. The molecule has 0 saturated carbocycles. The van der Waals surface area contributed by atoms with Gasteiger partial charge in [-0.3, -0.25) is 14.4 Å². The molecule has 0 aromatic carbocycles. The molecule has 0 rings (SSSR count). The Morgan fingerprint density at radius 3 is 0.488 bits per heavy atom. The summed E-state index contributed by atoms with van der Waals surface area (Å²) in [5.74, 6) is -0.818. The molecule has 0 aliphatic heterocycles. The Kier molecular flexibility index (Phi) is 70.5. The zero-order chi connectivity index (χ0) is 59.2. The van der Waals surface area contributed by atoms with Gasteiger partial charge in [-0.1, -0.05) is 412 Å². The predicted molar refractivity (Wildman–Crippen MR) is 358 cm³/mol. The zero-order valence-corrected chi connectivity index (χ0v) is 56.3. The largest absolute Gasteiger partial charge is 0.462 e. The van der Waals surface area contributed by atoms with Crippen molar-refractivity contribution in [1.82, 2.24) is 0 Å². The van der Waals surface area contributed by atoms with E-state index < -0.39 is 6.10 Å². The van der Waals surface area contributed by atoms with Crippen molar-refractivity contribution in [3.63, 3.8) is 0 Å². The molecule has 0 amide bonds. The van der Waals surface area contributed by atoms with Gasteiger partial charge in [0.15, 0.2) is 6.10 Å². The summed E-state index contributed by atoms with van der Waals surface area (Å²) in [7, 11) is 0. The molecule has 0 aliphatic carbocycles.